The Balaban J connectivity index is 3.06. The van der Waals surface area contributed by atoms with E-state index < -0.39 is 28.6 Å². The maximum Gasteiger partial charge on any atom is 0.336 e. The van der Waals surface area contributed by atoms with Crippen molar-refractivity contribution in [3.05, 3.63) is 21.6 Å². The highest BCUT2D eigenvalue weighted by molar-refractivity contribution is 9.10. The van der Waals surface area contributed by atoms with Crippen molar-refractivity contribution in [3.8, 4) is 5.75 Å². The molecular weight excluding hydrogens is 390 g/mol. The summed E-state index contributed by atoms with van der Waals surface area (Å²) in [6.45, 7) is -0.539. The second kappa shape index (κ2) is 7.41. The van der Waals surface area contributed by atoms with Crippen LogP contribution >= 0.6 is 27.5 Å². The number of methoxy groups -OCH3 is 2. The van der Waals surface area contributed by atoms with Crippen LogP contribution in [-0.4, -0.2) is 46.4 Å². The van der Waals surface area contributed by atoms with Gasteiger partial charge in [-0.2, -0.15) is 0 Å². The molecule has 0 fully saturated rings. The third-order valence-electron chi connectivity index (χ3n) is 2.41. The van der Waals surface area contributed by atoms with Crippen molar-refractivity contribution in [1.82, 2.24) is 4.72 Å². The lowest BCUT2D eigenvalue weighted by atomic mass is 10.3. The average molecular weight is 403 g/mol. The Bertz CT molecular complexity index is 636. The summed E-state index contributed by atoms with van der Waals surface area (Å²) in [6, 6.07) is 2.67. The molecular formula is C11H13BrClNO6S. The van der Waals surface area contributed by atoms with Crippen LogP contribution < -0.4 is 9.46 Å². The quantitative estimate of drug-likeness (QED) is 0.686. The standard InChI is InChI=1S/C11H13BrClNO6S/c1-19-10-7(12)3-6(13)4-9(10)21(17,18)14-5-8(15)11(16)20-2/h3-4,8,14-15H,5H2,1-2H3. The van der Waals surface area contributed by atoms with E-state index in [-0.39, 0.29) is 15.7 Å². The molecule has 0 amide bonds. The molecule has 10 heteroatoms. The van der Waals surface area contributed by atoms with E-state index in [1.54, 1.807) is 0 Å². The number of ether oxygens (including phenoxy) is 2. The van der Waals surface area contributed by atoms with Crippen molar-refractivity contribution in [2.75, 3.05) is 20.8 Å². The van der Waals surface area contributed by atoms with E-state index in [0.29, 0.717) is 4.47 Å². The van der Waals surface area contributed by atoms with Gasteiger partial charge >= 0.3 is 5.97 Å². The molecule has 1 rings (SSSR count). The number of halogens is 2. The van der Waals surface area contributed by atoms with Gasteiger partial charge in [-0.3, -0.25) is 0 Å². The zero-order valence-corrected chi connectivity index (χ0v) is 14.3. The third kappa shape index (κ3) is 4.55. The van der Waals surface area contributed by atoms with Crippen LogP contribution in [0.5, 0.6) is 5.75 Å². The number of rotatable bonds is 6. The fourth-order valence-electron chi connectivity index (χ4n) is 1.42. The summed E-state index contributed by atoms with van der Waals surface area (Å²) in [6.07, 6.45) is -1.61. The highest BCUT2D eigenvalue weighted by atomic mass is 79.9. The lowest BCUT2D eigenvalue weighted by molar-refractivity contribution is -0.149. The molecule has 1 atom stereocenters. The molecule has 0 bridgehead atoms. The number of esters is 1. The van der Waals surface area contributed by atoms with Crippen molar-refractivity contribution in [2.24, 2.45) is 0 Å². The number of sulfonamides is 1. The maximum atomic E-state index is 12.2. The summed E-state index contributed by atoms with van der Waals surface area (Å²) >= 11 is 8.96. The smallest absolute Gasteiger partial charge is 0.336 e. The van der Waals surface area contributed by atoms with Crippen LogP contribution in [-0.2, 0) is 19.6 Å². The molecule has 0 aliphatic heterocycles. The first-order valence-electron chi connectivity index (χ1n) is 5.51. The van der Waals surface area contributed by atoms with E-state index in [9.17, 15) is 18.3 Å². The molecule has 21 heavy (non-hydrogen) atoms. The van der Waals surface area contributed by atoms with E-state index >= 15 is 0 Å². The van der Waals surface area contributed by atoms with E-state index in [2.05, 4.69) is 25.4 Å². The second-order valence-corrected chi connectivity index (χ2v) is 6.84. The predicted octanol–water partition coefficient (Wildman–Crippen LogP) is 0.923. The Morgan fingerprint density at radius 3 is 2.62 bits per heavy atom. The zero-order valence-electron chi connectivity index (χ0n) is 11.1. The van der Waals surface area contributed by atoms with Crippen molar-refractivity contribution in [1.29, 1.82) is 0 Å². The summed E-state index contributed by atoms with van der Waals surface area (Å²) in [4.78, 5) is 10.8. The molecule has 0 aliphatic carbocycles. The summed E-state index contributed by atoms with van der Waals surface area (Å²) < 4.78 is 36.1. The SMILES string of the molecule is COC(=O)C(O)CNS(=O)(=O)c1cc(Cl)cc(Br)c1OC. The molecule has 1 aromatic carbocycles. The molecule has 1 aromatic rings. The summed E-state index contributed by atoms with van der Waals surface area (Å²) in [5.74, 6) is -0.892. The first kappa shape index (κ1) is 18.2. The van der Waals surface area contributed by atoms with Gasteiger partial charge in [0.2, 0.25) is 10.0 Å². The molecule has 0 radical (unpaired) electrons. The molecule has 0 saturated heterocycles. The fraction of sp³-hybridized carbons (Fsp3) is 0.364. The van der Waals surface area contributed by atoms with Crippen LogP contribution in [0.4, 0.5) is 0 Å². The average Bonchev–Trinajstić information content (AvgIpc) is 2.43. The normalized spacial score (nSPS) is 12.8. The van der Waals surface area contributed by atoms with Gasteiger partial charge in [-0.1, -0.05) is 11.6 Å². The summed E-state index contributed by atoms with van der Waals surface area (Å²) in [7, 11) is -1.66. The number of hydrogen-bond donors (Lipinski definition) is 2. The lowest BCUT2D eigenvalue weighted by Crippen LogP contribution is -2.37. The van der Waals surface area contributed by atoms with Crippen LogP contribution in [0, 0.1) is 0 Å². The molecule has 7 nitrogen and oxygen atoms in total. The molecule has 0 spiro atoms. The number of carbonyl (C=O) groups is 1. The van der Waals surface area contributed by atoms with E-state index in [1.165, 1.54) is 19.2 Å². The minimum atomic E-state index is -4.04. The third-order valence-corrected chi connectivity index (χ3v) is 4.64. The van der Waals surface area contributed by atoms with Crippen molar-refractivity contribution < 1.29 is 27.8 Å². The zero-order chi connectivity index (χ0) is 16.2. The number of aliphatic hydroxyl groups excluding tert-OH is 1. The topological polar surface area (TPSA) is 102 Å². The Morgan fingerprint density at radius 2 is 2.10 bits per heavy atom. The molecule has 1 unspecified atom stereocenters. The van der Waals surface area contributed by atoms with Gasteiger partial charge in [0.05, 0.1) is 18.7 Å². The van der Waals surface area contributed by atoms with E-state index in [1.807, 2.05) is 0 Å². The Labute approximate surface area is 135 Å². The molecule has 0 aromatic heterocycles. The molecule has 0 saturated carbocycles. The van der Waals surface area contributed by atoms with Gasteiger partial charge in [-0.05, 0) is 28.1 Å². The van der Waals surface area contributed by atoms with E-state index in [0.717, 1.165) is 7.11 Å². The monoisotopic (exact) mass is 401 g/mol. The molecule has 2 N–H and O–H groups in total. The van der Waals surface area contributed by atoms with Crippen LogP contribution in [0.3, 0.4) is 0 Å². The Hall–Kier alpha value is -0.870. The number of benzene rings is 1. The highest BCUT2D eigenvalue weighted by Gasteiger charge is 2.25. The number of hydrogen-bond acceptors (Lipinski definition) is 6. The Morgan fingerprint density at radius 1 is 1.48 bits per heavy atom. The van der Waals surface area contributed by atoms with Crippen molar-refractivity contribution in [2.45, 2.75) is 11.0 Å². The molecule has 0 aliphatic rings. The highest BCUT2D eigenvalue weighted by Crippen LogP contribution is 2.35. The number of aliphatic hydroxyl groups is 1. The van der Waals surface area contributed by atoms with Gasteiger partial charge in [-0.25, -0.2) is 17.9 Å². The van der Waals surface area contributed by atoms with Crippen LogP contribution in [0.2, 0.25) is 5.02 Å². The van der Waals surface area contributed by atoms with Crippen LogP contribution in [0.15, 0.2) is 21.5 Å². The number of nitrogens with one attached hydrogen (secondary N) is 1. The van der Waals surface area contributed by atoms with Crippen LogP contribution in [0.25, 0.3) is 0 Å². The van der Waals surface area contributed by atoms with Gasteiger partial charge in [0.1, 0.15) is 4.90 Å². The van der Waals surface area contributed by atoms with Crippen LogP contribution in [0.1, 0.15) is 0 Å². The van der Waals surface area contributed by atoms with Gasteiger partial charge in [0, 0.05) is 11.6 Å². The van der Waals surface area contributed by atoms with Gasteiger partial charge in [-0.15, -0.1) is 0 Å². The molecule has 0 heterocycles. The largest absolute Gasteiger partial charge is 0.494 e. The minimum absolute atomic E-state index is 0.0551. The second-order valence-electron chi connectivity index (χ2n) is 3.81. The summed E-state index contributed by atoms with van der Waals surface area (Å²) in [5, 5.41) is 9.57. The first-order valence-corrected chi connectivity index (χ1v) is 8.17. The predicted molar refractivity (Wildman–Crippen MR) is 78.9 cm³/mol. The lowest BCUT2D eigenvalue weighted by Gasteiger charge is -2.14. The van der Waals surface area contributed by atoms with Crippen molar-refractivity contribution in [3.63, 3.8) is 0 Å². The summed E-state index contributed by atoms with van der Waals surface area (Å²) in [5.41, 5.74) is 0. The first-order chi connectivity index (χ1) is 9.72. The number of carbonyl (C=O) groups excluding carboxylic acids is 1. The van der Waals surface area contributed by atoms with Gasteiger partial charge in [0.25, 0.3) is 0 Å². The maximum absolute atomic E-state index is 12.2. The van der Waals surface area contributed by atoms with Crippen molar-refractivity contribution >= 4 is 43.5 Å². The van der Waals surface area contributed by atoms with Gasteiger partial charge in [0.15, 0.2) is 11.9 Å². The van der Waals surface area contributed by atoms with Gasteiger partial charge < -0.3 is 14.6 Å². The molecule has 118 valence electrons. The van der Waals surface area contributed by atoms with E-state index in [4.69, 9.17) is 16.3 Å². The fourth-order valence-corrected chi connectivity index (χ4v) is 3.84. The Kier molecular flexibility index (Phi) is 6.41. The minimum Gasteiger partial charge on any atom is -0.494 e.